The van der Waals surface area contributed by atoms with Gasteiger partial charge in [-0.25, -0.2) is 0 Å². The maximum atomic E-state index is 8.39. The highest BCUT2D eigenvalue weighted by atomic mass is 35.5. The number of rotatable bonds is 2. The molecule has 1 N–H and O–H groups in total. The molecule has 0 radical (unpaired) electrons. The minimum Gasteiger partial charge on any atom is -0.304 e. The van der Waals surface area contributed by atoms with E-state index in [4.69, 9.17) is 17.0 Å². The maximum absolute atomic E-state index is 8.39. The lowest BCUT2D eigenvalue weighted by atomic mass is 9.91. The van der Waals surface area contributed by atoms with Crippen molar-refractivity contribution in [2.75, 3.05) is 0 Å². The Hall–Kier alpha value is -1.60. The normalized spacial score (nSPS) is 17.5. The van der Waals surface area contributed by atoms with Gasteiger partial charge in [0, 0.05) is 16.7 Å². The van der Waals surface area contributed by atoms with E-state index in [1.54, 1.807) is 0 Å². The van der Waals surface area contributed by atoms with E-state index in [1.807, 2.05) is 24.3 Å². The molecule has 0 fully saturated rings. The molecule has 1 unspecified atom stereocenters. The van der Waals surface area contributed by atoms with Gasteiger partial charge >= 0.3 is 0 Å². The summed E-state index contributed by atoms with van der Waals surface area (Å²) >= 11 is 5.89. The number of hydrogen-bond acceptors (Lipinski definition) is 1. The number of benzene rings is 2. The van der Waals surface area contributed by atoms with Crippen molar-refractivity contribution < 1.29 is 0 Å². The van der Waals surface area contributed by atoms with E-state index in [9.17, 15) is 0 Å². The van der Waals surface area contributed by atoms with E-state index in [1.165, 1.54) is 11.1 Å². The van der Waals surface area contributed by atoms with E-state index < -0.39 is 0 Å². The first-order valence-electron chi connectivity index (χ1n) is 6.18. The largest absolute Gasteiger partial charge is 0.304 e. The molecule has 0 saturated carbocycles. The molecular weight excluding hydrogens is 242 g/mol. The van der Waals surface area contributed by atoms with Gasteiger partial charge in [0.05, 0.1) is 0 Å². The molecule has 3 rings (SSSR count). The van der Waals surface area contributed by atoms with E-state index >= 15 is 0 Å². The third-order valence-electron chi connectivity index (χ3n) is 3.64. The fourth-order valence-corrected chi connectivity index (χ4v) is 2.81. The Bertz CT molecular complexity index is 586. The molecule has 18 heavy (non-hydrogen) atoms. The van der Waals surface area contributed by atoms with Gasteiger partial charge in [0.25, 0.3) is 0 Å². The fourth-order valence-electron chi connectivity index (χ4n) is 2.69. The summed E-state index contributed by atoms with van der Waals surface area (Å²) in [6.45, 7) is 0. The molecule has 2 aromatic carbocycles. The summed E-state index contributed by atoms with van der Waals surface area (Å²) in [5.41, 5.74) is 4.39. The Morgan fingerprint density at radius 3 is 2.56 bits per heavy atom. The zero-order chi connectivity index (χ0) is 12.5. The standard InChI is InChI=1S/C16H14ClN/c17-13-8-5-12(6-9-13)16(18)15-10-7-11-3-1-2-4-14(11)15/h1-6,8-9,15,18H,7,10H2. The molecule has 0 amide bonds. The van der Waals surface area contributed by atoms with Gasteiger partial charge in [-0.1, -0.05) is 48.0 Å². The van der Waals surface area contributed by atoms with Crippen molar-refractivity contribution in [2.45, 2.75) is 18.8 Å². The van der Waals surface area contributed by atoms with Gasteiger partial charge in [-0.15, -0.1) is 0 Å². The number of aryl methyl sites for hydroxylation is 1. The highest BCUT2D eigenvalue weighted by Gasteiger charge is 2.26. The summed E-state index contributed by atoms with van der Waals surface area (Å²) in [5.74, 6) is 0.238. The second-order valence-electron chi connectivity index (χ2n) is 4.71. The third kappa shape index (κ3) is 1.95. The lowest BCUT2D eigenvalue weighted by Crippen LogP contribution is -2.10. The zero-order valence-corrected chi connectivity index (χ0v) is 10.7. The van der Waals surface area contributed by atoms with Gasteiger partial charge in [0.15, 0.2) is 0 Å². The molecule has 0 bridgehead atoms. The zero-order valence-electron chi connectivity index (χ0n) is 9.99. The van der Waals surface area contributed by atoms with Crippen LogP contribution in [-0.4, -0.2) is 5.71 Å². The molecule has 1 aliphatic carbocycles. The average molecular weight is 256 g/mol. The van der Waals surface area contributed by atoms with Crippen LogP contribution in [0.4, 0.5) is 0 Å². The van der Waals surface area contributed by atoms with Crippen LogP contribution in [-0.2, 0) is 6.42 Å². The van der Waals surface area contributed by atoms with Crippen molar-refractivity contribution in [3.05, 3.63) is 70.2 Å². The molecule has 0 aliphatic heterocycles. The lowest BCUT2D eigenvalue weighted by molar-refractivity contribution is 0.844. The Morgan fingerprint density at radius 2 is 1.78 bits per heavy atom. The van der Waals surface area contributed by atoms with Gasteiger partial charge in [-0.05, 0) is 41.7 Å². The van der Waals surface area contributed by atoms with Gasteiger partial charge < -0.3 is 5.41 Å². The van der Waals surface area contributed by atoms with E-state index in [0.717, 1.165) is 23.4 Å². The van der Waals surface area contributed by atoms with Gasteiger partial charge in [0.1, 0.15) is 0 Å². The van der Waals surface area contributed by atoms with Crippen LogP contribution in [0.15, 0.2) is 48.5 Å². The topological polar surface area (TPSA) is 23.9 Å². The average Bonchev–Trinajstić information content (AvgIpc) is 2.82. The Balaban J connectivity index is 1.93. The third-order valence-corrected chi connectivity index (χ3v) is 3.89. The highest BCUT2D eigenvalue weighted by molar-refractivity contribution is 6.30. The summed E-state index contributed by atoms with van der Waals surface area (Å²) in [6, 6.07) is 16.0. The van der Waals surface area contributed by atoms with Crippen molar-refractivity contribution in [3.8, 4) is 0 Å². The molecule has 2 heteroatoms. The molecule has 0 aromatic heterocycles. The summed E-state index contributed by atoms with van der Waals surface area (Å²) in [7, 11) is 0. The van der Waals surface area contributed by atoms with Crippen LogP contribution < -0.4 is 0 Å². The highest BCUT2D eigenvalue weighted by Crippen LogP contribution is 2.35. The van der Waals surface area contributed by atoms with Crippen molar-refractivity contribution in [1.29, 1.82) is 5.41 Å². The molecule has 0 saturated heterocycles. The summed E-state index contributed by atoms with van der Waals surface area (Å²) < 4.78 is 0. The molecule has 0 heterocycles. The predicted molar refractivity (Wildman–Crippen MR) is 75.8 cm³/mol. The first-order chi connectivity index (χ1) is 8.75. The first-order valence-corrected chi connectivity index (χ1v) is 6.55. The second-order valence-corrected chi connectivity index (χ2v) is 5.15. The van der Waals surface area contributed by atoms with Crippen LogP contribution in [0.2, 0.25) is 5.02 Å². The van der Waals surface area contributed by atoms with Crippen molar-refractivity contribution in [2.24, 2.45) is 0 Å². The van der Waals surface area contributed by atoms with Crippen LogP contribution in [0.25, 0.3) is 0 Å². The van der Waals surface area contributed by atoms with E-state index in [-0.39, 0.29) is 5.92 Å². The number of fused-ring (bicyclic) bond motifs is 1. The van der Waals surface area contributed by atoms with Crippen LogP contribution >= 0.6 is 11.6 Å². The minimum absolute atomic E-state index is 0.238. The van der Waals surface area contributed by atoms with Crippen LogP contribution in [0.5, 0.6) is 0 Å². The van der Waals surface area contributed by atoms with Crippen molar-refractivity contribution in [3.63, 3.8) is 0 Å². The lowest BCUT2D eigenvalue weighted by Gasteiger charge is -2.13. The van der Waals surface area contributed by atoms with Crippen molar-refractivity contribution >= 4 is 17.3 Å². The predicted octanol–water partition coefficient (Wildman–Crippen LogP) is 4.44. The summed E-state index contributed by atoms with van der Waals surface area (Å²) in [4.78, 5) is 0. The quantitative estimate of drug-likeness (QED) is 0.768. The molecule has 1 atom stereocenters. The fraction of sp³-hybridized carbons (Fsp3) is 0.188. The van der Waals surface area contributed by atoms with Crippen LogP contribution in [0.1, 0.15) is 29.0 Å². The molecule has 1 nitrogen and oxygen atoms in total. The van der Waals surface area contributed by atoms with Crippen LogP contribution in [0, 0.1) is 5.41 Å². The second kappa shape index (κ2) is 4.58. The Morgan fingerprint density at radius 1 is 1.06 bits per heavy atom. The minimum atomic E-state index is 0.238. The number of halogens is 1. The molecule has 1 aliphatic rings. The van der Waals surface area contributed by atoms with E-state index in [0.29, 0.717) is 5.71 Å². The first kappa shape index (κ1) is 11.5. The number of hydrogen-bond donors (Lipinski definition) is 1. The smallest absolute Gasteiger partial charge is 0.0461 e. The Kier molecular flexibility index (Phi) is 2.92. The van der Waals surface area contributed by atoms with Gasteiger partial charge in [-0.2, -0.15) is 0 Å². The van der Waals surface area contributed by atoms with Gasteiger partial charge in [0.2, 0.25) is 0 Å². The molecule has 2 aromatic rings. The SMILES string of the molecule is N=C(c1ccc(Cl)cc1)C1CCc2ccccc21. The Labute approximate surface area is 112 Å². The summed E-state index contributed by atoms with van der Waals surface area (Å²) in [6.07, 6.45) is 2.12. The molecule has 0 spiro atoms. The van der Waals surface area contributed by atoms with E-state index in [2.05, 4.69) is 24.3 Å². The monoisotopic (exact) mass is 255 g/mol. The molecular formula is C16H14ClN. The van der Waals surface area contributed by atoms with Crippen LogP contribution in [0.3, 0.4) is 0 Å². The van der Waals surface area contributed by atoms with Crippen molar-refractivity contribution in [1.82, 2.24) is 0 Å². The summed E-state index contributed by atoms with van der Waals surface area (Å²) in [5, 5.41) is 9.11. The van der Waals surface area contributed by atoms with Gasteiger partial charge in [-0.3, -0.25) is 0 Å². The molecule has 90 valence electrons. The number of nitrogens with one attached hydrogen (secondary N) is 1. The maximum Gasteiger partial charge on any atom is 0.0461 e.